The van der Waals surface area contributed by atoms with Crippen LogP contribution in [-0.4, -0.2) is 35.7 Å². The SMILES string of the molecule is COc1cc(C(=O)N2C=C(C)C[C@H]2C)c(NC(=O)OC(C)(C)C)cc1O[SH](#P)I. The maximum absolute atomic E-state index is 13.3. The van der Waals surface area contributed by atoms with E-state index in [-0.39, 0.29) is 23.2 Å². The molecule has 7 nitrogen and oxygen atoms in total. The average Bonchev–Trinajstić information content (AvgIpc) is 2.90. The van der Waals surface area contributed by atoms with Crippen LogP contribution >= 0.6 is 36.3 Å². The monoisotopic (exact) mass is 552 g/mol. The van der Waals surface area contributed by atoms with E-state index in [1.165, 1.54) is 7.11 Å². The Morgan fingerprint density at radius 2 is 1.97 bits per heavy atom. The number of carbonyl (C=O) groups excluding carboxylic acids is 2. The molecule has 0 aromatic heterocycles. The van der Waals surface area contributed by atoms with Crippen LogP contribution in [0.2, 0.25) is 0 Å². The van der Waals surface area contributed by atoms with Crippen molar-refractivity contribution < 1.29 is 23.2 Å². The minimum absolute atomic E-state index is 0.0263. The fraction of sp³-hybridized carbons (Fsp3) is 0.474. The van der Waals surface area contributed by atoms with Crippen LogP contribution in [0.1, 0.15) is 51.4 Å². The molecular formula is C19H26IN2O5PS. The molecule has 0 radical (unpaired) electrons. The fourth-order valence-corrected chi connectivity index (χ4v) is 4.15. The third-order valence-electron chi connectivity index (χ3n) is 4.03. The third kappa shape index (κ3) is 6.65. The first-order valence-electron chi connectivity index (χ1n) is 8.96. The van der Waals surface area contributed by atoms with Gasteiger partial charge in [-0.3, -0.25) is 0 Å². The van der Waals surface area contributed by atoms with Gasteiger partial charge in [0.15, 0.2) is 0 Å². The zero-order chi connectivity index (χ0) is 21.9. The van der Waals surface area contributed by atoms with Crippen molar-refractivity contribution in [1.82, 2.24) is 4.90 Å². The van der Waals surface area contributed by atoms with Crippen LogP contribution in [-0.2, 0) is 4.74 Å². The van der Waals surface area contributed by atoms with E-state index in [2.05, 4.69) is 13.1 Å². The Morgan fingerprint density at radius 1 is 1.31 bits per heavy atom. The number of nitrogens with zero attached hydrogens (tertiary/aromatic N) is 1. The number of hydrogen-bond acceptors (Lipinski definition) is 5. The van der Waals surface area contributed by atoms with Gasteiger partial charge in [-0.05, 0) is 0 Å². The Kier molecular flexibility index (Phi) is 8.09. The van der Waals surface area contributed by atoms with Gasteiger partial charge in [0.2, 0.25) is 0 Å². The van der Waals surface area contributed by atoms with Crippen LogP contribution in [0.3, 0.4) is 0 Å². The summed E-state index contributed by atoms with van der Waals surface area (Å²) >= 11 is 2.05. The first-order valence-corrected chi connectivity index (χ1v) is 14.2. The second kappa shape index (κ2) is 9.75. The first-order chi connectivity index (χ1) is 13.4. The molecule has 0 aliphatic carbocycles. The van der Waals surface area contributed by atoms with E-state index in [4.69, 9.17) is 13.7 Å². The Morgan fingerprint density at radius 3 is 2.45 bits per heavy atom. The van der Waals surface area contributed by atoms with Crippen LogP contribution in [0.4, 0.5) is 10.5 Å². The molecular weight excluding hydrogens is 526 g/mol. The number of hydrogen-bond donors (Lipinski definition) is 2. The molecule has 2 atom stereocenters. The summed E-state index contributed by atoms with van der Waals surface area (Å²) in [6.45, 7) is 9.27. The summed E-state index contributed by atoms with van der Waals surface area (Å²) < 4.78 is 16.5. The van der Waals surface area contributed by atoms with E-state index >= 15 is 0 Å². The van der Waals surface area contributed by atoms with Crippen molar-refractivity contribution >= 4 is 54.0 Å². The van der Waals surface area contributed by atoms with E-state index in [0.717, 1.165) is 12.0 Å². The van der Waals surface area contributed by atoms with Crippen molar-refractivity contribution in [1.29, 1.82) is 0 Å². The maximum atomic E-state index is 13.3. The van der Waals surface area contributed by atoms with Gasteiger partial charge in [0.1, 0.15) is 0 Å². The second-order valence-corrected chi connectivity index (χ2v) is 14.4. The van der Waals surface area contributed by atoms with Crippen molar-refractivity contribution in [3.05, 3.63) is 29.5 Å². The van der Waals surface area contributed by atoms with Crippen molar-refractivity contribution in [2.75, 3.05) is 12.4 Å². The molecule has 10 heteroatoms. The summed E-state index contributed by atoms with van der Waals surface area (Å²) in [6.07, 6.45) is 1.97. The Balaban J connectivity index is 2.50. The molecule has 0 fully saturated rings. The summed E-state index contributed by atoms with van der Waals surface area (Å²) in [6, 6.07) is 3.16. The van der Waals surface area contributed by atoms with Gasteiger partial charge in [0, 0.05) is 0 Å². The number of anilines is 1. The quantitative estimate of drug-likeness (QED) is 0.266. The summed E-state index contributed by atoms with van der Waals surface area (Å²) in [5.41, 5.74) is 1.01. The molecule has 1 aromatic carbocycles. The van der Waals surface area contributed by atoms with Crippen molar-refractivity contribution in [3.8, 4) is 11.5 Å². The van der Waals surface area contributed by atoms with Crippen molar-refractivity contribution in [3.63, 3.8) is 0 Å². The number of methoxy groups -OCH3 is 1. The number of rotatable bonds is 4. The van der Waals surface area contributed by atoms with Crippen molar-refractivity contribution in [2.45, 2.75) is 52.7 Å². The Hall–Kier alpha value is -1.19. The molecule has 1 aromatic rings. The standard InChI is InChI=1S/C19H26IN2O5PS/c1-11-7-12(2)22(10-11)17(23)13-8-15(25-6)16(27-29(20)28)9-14(13)21-18(24)26-19(3,4)5/h8-10,12,29H,7H2,1-6H3,(H,21,24)/t12-/m1/s1. The molecule has 2 rings (SSSR count). The normalized spacial score (nSPS) is 17.4. The van der Waals surface area contributed by atoms with E-state index in [1.54, 1.807) is 37.8 Å². The fourth-order valence-electron chi connectivity index (χ4n) is 2.95. The molecule has 1 N–H and O–H groups in total. The molecule has 1 aliphatic rings. The van der Waals surface area contributed by atoms with Gasteiger partial charge < -0.3 is 0 Å². The molecule has 1 aliphatic heterocycles. The van der Waals surface area contributed by atoms with Gasteiger partial charge in [0.05, 0.1) is 0 Å². The van der Waals surface area contributed by atoms with Gasteiger partial charge in [-0.25, -0.2) is 0 Å². The number of nitrogens with one attached hydrogen (secondary N) is 1. The van der Waals surface area contributed by atoms with E-state index in [0.29, 0.717) is 11.5 Å². The molecule has 0 saturated carbocycles. The van der Waals surface area contributed by atoms with Crippen LogP contribution in [0.15, 0.2) is 23.9 Å². The average molecular weight is 552 g/mol. The number of halogens is 1. The molecule has 0 spiro atoms. The topological polar surface area (TPSA) is 77.1 Å². The molecule has 0 saturated heterocycles. The zero-order valence-electron chi connectivity index (χ0n) is 17.3. The number of thiol groups is 1. The van der Waals surface area contributed by atoms with Crippen molar-refractivity contribution in [2.24, 2.45) is 0 Å². The molecule has 1 heterocycles. The van der Waals surface area contributed by atoms with E-state index in [9.17, 15) is 9.59 Å². The Bertz CT molecular complexity index is 920. The minimum atomic E-state index is -1.06. The van der Waals surface area contributed by atoms with Gasteiger partial charge in [-0.15, -0.1) is 0 Å². The van der Waals surface area contributed by atoms with E-state index < -0.39 is 19.0 Å². The predicted octanol–water partition coefficient (Wildman–Crippen LogP) is 6.15. The summed E-state index contributed by atoms with van der Waals surface area (Å²) in [5, 5.41) is 2.68. The second-order valence-electron chi connectivity index (χ2n) is 7.73. The van der Waals surface area contributed by atoms with Crippen LogP contribution in [0, 0.1) is 0 Å². The number of carbonyl (C=O) groups is 2. The molecule has 1 unspecified atom stereocenters. The molecule has 160 valence electrons. The summed E-state index contributed by atoms with van der Waals surface area (Å²) in [4.78, 5) is 27.3. The van der Waals surface area contributed by atoms with Gasteiger partial charge in [-0.2, -0.15) is 0 Å². The number of benzene rings is 1. The number of ether oxygens (including phenoxy) is 2. The van der Waals surface area contributed by atoms with Crippen LogP contribution in [0.5, 0.6) is 11.5 Å². The zero-order valence-corrected chi connectivity index (χ0v) is 21.2. The van der Waals surface area contributed by atoms with Gasteiger partial charge in [0.25, 0.3) is 0 Å². The van der Waals surface area contributed by atoms with Gasteiger partial charge in [-0.1, -0.05) is 0 Å². The van der Waals surface area contributed by atoms with Crippen LogP contribution < -0.4 is 14.2 Å². The summed E-state index contributed by atoms with van der Waals surface area (Å²) in [7, 11) is 4.72. The van der Waals surface area contributed by atoms with Gasteiger partial charge >= 0.3 is 188 Å². The molecule has 0 bridgehead atoms. The van der Waals surface area contributed by atoms with Crippen LogP contribution in [0.25, 0.3) is 0 Å². The first kappa shape index (κ1) is 24.1. The molecule has 29 heavy (non-hydrogen) atoms. The number of amides is 2. The molecule has 2 amide bonds. The van der Waals surface area contributed by atoms with E-state index in [1.807, 2.05) is 41.3 Å². The predicted molar refractivity (Wildman–Crippen MR) is 127 cm³/mol. The summed E-state index contributed by atoms with van der Waals surface area (Å²) in [5.74, 6) is 0.522. The Labute approximate surface area is 187 Å². The third-order valence-corrected chi connectivity index (χ3v) is 5.21.